The molecule has 0 aliphatic rings. The summed E-state index contributed by atoms with van der Waals surface area (Å²) in [6.45, 7) is 31.5. The molecular weight excluding hydrogens is 547 g/mol. The zero-order valence-electron chi connectivity index (χ0n) is 26.1. The van der Waals surface area contributed by atoms with Crippen molar-refractivity contribution in [3.05, 3.63) is 60.8 Å². The van der Waals surface area contributed by atoms with Crippen LogP contribution in [0.4, 0.5) is 0 Å². The Labute approximate surface area is 248 Å². The number of hydrogen-bond acceptors (Lipinski definition) is 7. The molecule has 0 aromatic carbocycles. The Morgan fingerprint density at radius 1 is 0.561 bits per heavy atom. The minimum Gasteiger partial charge on any atom is -0.380 e. The Balaban J connectivity index is 6.06. The van der Waals surface area contributed by atoms with E-state index in [1.165, 1.54) is 0 Å². The molecule has 10 heteroatoms. The molecule has 238 valence electrons. The van der Waals surface area contributed by atoms with Gasteiger partial charge in [-0.3, -0.25) is 4.52 Å². The van der Waals surface area contributed by atoms with Crippen LogP contribution in [0.5, 0.6) is 0 Å². The van der Waals surface area contributed by atoms with Gasteiger partial charge < -0.3 is 33.5 Å². The maximum atomic E-state index is 11.7. The Bertz CT molecular complexity index is 820. The van der Waals surface area contributed by atoms with Gasteiger partial charge in [0.1, 0.15) is 0 Å². The average Bonchev–Trinajstić information content (AvgIpc) is 2.81. The second kappa shape index (κ2) is 20.5. The molecule has 0 radical (unpaired) electrons. The molecule has 0 amide bonds. The van der Waals surface area contributed by atoms with E-state index in [4.69, 9.17) is 28.2 Å². The van der Waals surface area contributed by atoms with E-state index in [0.29, 0.717) is 32.8 Å². The molecule has 0 heterocycles. The second-order valence-corrected chi connectivity index (χ2v) is 13.1. The Kier molecular flexibility index (Phi) is 19.8. The van der Waals surface area contributed by atoms with E-state index in [1.807, 2.05) is 34.6 Å². The molecule has 0 bridgehead atoms. The van der Waals surface area contributed by atoms with E-state index in [9.17, 15) is 14.4 Å². The number of phosphoric acid groups is 1. The highest BCUT2D eigenvalue weighted by Gasteiger charge is 2.37. The standard InChI is InChI=1S/C31H55O9P/c1-25(2)12-11-13-30(18-35-14-26(3)4,24-40-41(32,33)34)19-39-23-31(20-36-15-27(5)6,21-37-16-28(7)8)22-38-17-29(9)10/h1,3,5,7,9,11-24H2,2,4,6,8,10H3,(H2,32,33,34). The molecule has 0 aromatic heterocycles. The molecule has 0 saturated carbocycles. The van der Waals surface area contributed by atoms with Gasteiger partial charge in [0.05, 0.1) is 78.1 Å². The number of allylic oxidation sites excluding steroid dienone is 1. The summed E-state index contributed by atoms with van der Waals surface area (Å²) in [5.41, 5.74) is 2.95. The molecular formula is C31H55O9P. The first-order chi connectivity index (χ1) is 19.0. The second-order valence-electron chi connectivity index (χ2n) is 11.9. The number of hydrogen-bond donors (Lipinski definition) is 2. The first kappa shape index (κ1) is 39.6. The summed E-state index contributed by atoms with van der Waals surface area (Å²) in [6.07, 6.45) is 2.00. The van der Waals surface area contributed by atoms with E-state index in [0.717, 1.165) is 40.7 Å². The lowest BCUT2D eigenvalue weighted by Crippen LogP contribution is -2.44. The fourth-order valence-corrected chi connectivity index (χ4v) is 4.27. The molecule has 2 N–H and O–H groups in total. The lowest BCUT2D eigenvalue weighted by atomic mass is 9.84. The number of phosphoric ester groups is 1. The van der Waals surface area contributed by atoms with Crippen LogP contribution < -0.4 is 0 Å². The molecule has 0 fully saturated rings. The normalized spacial score (nSPS) is 13.5. The predicted molar refractivity (Wildman–Crippen MR) is 165 cm³/mol. The largest absolute Gasteiger partial charge is 0.469 e. The summed E-state index contributed by atoms with van der Waals surface area (Å²) in [4.78, 5) is 19.0. The quantitative estimate of drug-likeness (QED) is 0.0838. The van der Waals surface area contributed by atoms with Crippen LogP contribution in [0, 0.1) is 10.8 Å². The van der Waals surface area contributed by atoms with E-state index < -0.39 is 18.7 Å². The van der Waals surface area contributed by atoms with Crippen LogP contribution in [0.1, 0.15) is 53.9 Å². The van der Waals surface area contributed by atoms with Gasteiger partial charge in [0.25, 0.3) is 0 Å². The third-order valence-electron chi connectivity index (χ3n) is 5.69. The first-order valence-corrected chi connectivity index (χ1v) is 15.3. The minimum atomic E-state index is -4.73. The summed E-state index contributed by atoms with van der Waals surface area (Å²) in [6, 6.07) is 0. The summed E-state index contributed by atoms with van der Waals surface area (Å²) in [5.74, 6) is 0. The van der Waals surface area contributed by atoms with Crippen molar-refractivity contribution in [2.75, 3.05) is 72.7 Å². The van der Waals surface area contributed by atoms with Crippen molar-refractivity contribution in [1.82, 2.24) is 0 Å². The van der Waals surface area contributed by atoms with Crippen LogP contribution in [0.3, 0.4) is 0 Å². The average molecular weight is 603 g/mol. The molecule has 9 nitrogen and oxygen atoms in total. The van der Waals surface area contributed by atoms with Crippen molar-refractivity contribution in [2.24, 2.45) is 10.8 Å². The van der Waals surface area contributed by atoms with Crippen molar-refractivity contribution in [2.45, 2.75) is 53.9 Å². The van der Waals surface area contributed by atoms with Gasteiger partial charge in [0.15, 0.2) is 0 Å². The Hall–Kier alpha value is -1.39. The number of rotatable bonds is 27. The van der Waals surface area contributed by atoms with Gasteiger partial charge in [0.2, 0.25) is 0 Å². The number of ether oxygens (including phenoxy) is 5. The molecule has 1 unspecified atom stereocenters. The van der Waals surface area contributed by atoms with Crippen LogP contribution in [0.25, 0.3) is 0 Å². The third-order valence-corrected chi connectivity index (χ3v) is 6.16. The van der Waals surface area contributed by atoms with Crippen LogP contribution >= 0.6 is 7.82 Å². The third kappa shape index (κ3) is 21.9. The zero-order valence-corrected chi connectivity index (χ0v) is 27.0. The van der Waals surface area contributed by atoms with E-state index >= 15 is 0 Å². The molecule has 0 saturated heterocycles. The van der Waals surface area contributed by atoms with Crippen molar-refractivity contribution in [3.8, 4) is 0 Å². The van der Waals surface area contributed by atoms with Gasteiger partial charge in [0, 0.05) is 5.41 Å². The molecule has 0 aliphatic heterocycles. The predicted octanol–water partition coefficient (Wildman–Crippen LogP) is 6.20. The molecule has 0 spiro atoms. The fourth-order valence-electron chi connectivity index (χ4n) is 3.83. The summed E-state index contributed by atoms with van der Waals surface area (Å²) < 4.78 is 46.9. The summed E-state index contributed by atoms with van der Waals surface area (Å²) in [7, 11) is -4.73. The van der Waals surface area contributed by atoms with Crippen molar-refractivity contribution >= 4 is 7.82 Å². The van der Waals surface area contributed by atoms with Crippen LogP contribution in [-0.2, 0) is 32.8 Å². The first-order valence-electron chi connectivity index (χ1n) is 13.8. The molecule has 41 heavy (non-hydrogen) atoms. The molecule has 0 rings (SSSR count). The van der Waals surface area contributed by atoms with Crippen LogP contribution in [-0.4, -0.2) is 82.5 Å². The van der Waals surface area contributed by atoms with Gasteiger partial charge in [-0.25, -0.2) is 4.57 Å². The van der Waals surface area contributed by atoms with Crippen molar-refractivity contribution < 1.29 is 42.6 Å². The molecule has 0 aromatic rings. The van der Waals surface area contributed by atoms with Crippen molar-refractivity contribution in [3.63, 3.8) is 0 Å². The lowest BCUT2D eigenvalue weighted by molar-refractivity contribution is -0.121. The highest BCUT2D eigenvalue weighted by molar-refractivity contribution is 7.46. The fraction of sp³-hybridized carbons (Fsp3) is 0.677. The van der Waals surface area contributed by atoms with Crippen LogP contribution in [0.15, 0.2) is 60.8 Å². The van der Waals surface area contributed by atoms with Gasteiger partial charge in [-0.05, 0) is 53.9 Å². The van der Waals surface area contributed by atoms with Crippen LogP contribution in [0.2, 0.25) is 0 Å². The van der Waals surface area contributed by atoms with Crippen molar-refractivity contribution in [1.29, 1.82) is 0 Å². The maximum Gasteiger partial charge on any atom is 0.469 e. The van der Waals surface area contributed by atoms with Gasteiger partial charge in [-0.2, -0.15) is 0 Å². The van der Waals surface area contributed by atoms with Gasteiger partial charge >= 0.3 is 7.82 Å². The maximum absolute atomic E-state index is 11.7. The minimum absolute atomic E-state index is 0.114. The van der Waals surface area contributed by atoms with Gasteiger partial charge in [-0.15, -0.1) is 6.58 Å². The Morgan fingerprint density at radius 2 is 0.902 bits per heavy atom. The highest BCUT2D eigenvalue weighted by Crippen LogP contribution is 2.40. The topological polar surface area (TPSA) is 113 Å². The SMILES string of the molecule is C=C(C)CCCC(COCC(=C)C)(COCC(COCC(=C)C)(COCC(=C)C)COCC(=C)C)COP(=O)(O)O. The van der Waals surface area contributed by atoms with E-state index in [1.54, 1.807) is 0 Å². The van der Waals surface area contributed by atoms with Gasteiger partial charge in [-0.1, -0.05) is 54.2 Å². The monoisotopic (exact) mass is 602 g/mol. The summed E-state index contributed by atoms with van der Waals surface area (Å²) in [5, 5.41) is 0. The smallest absolute Gasteiger partial charge is 0.380 e. The molecule has 0 aliphatic carbocycles. The lowest BCUT2D eigenvalue weighted by Gasteiger charge is -2.37. The molecule has 1 atom stereocenters. The zero-order chi connectivity index (χ0) is 31.5. The Morgan fingerprint density at radius 3 is 1.24 bits per heavy atom. The highest BCUT2D eigenvalue weighted by atomic mass is 31.2. The summed E-state index contributed by atoms with van der Waals surface area (Å²) >= 11 is 0. The van der Waals surface area contributed by atoms with E-state index in [2.05, 4.69) is 32.9 Å². The van der Waals surface area contributed by atoms with E-state index in [-0.39, 0.29) is 46.2 Å².